The highest BCUT2D eigenvalue weighted by atomic mass is 32.1. The maximum absolute atomic E-state index is 13.2. The Hall–Kier alpha value is -2.38. The van der Waals surface area contributed by atoms with Crippen molar-refractivity contribution in [3.63, 3.8) is 0 Å². The largest absolute Gasteiger partial charge is 0.498 e. The number of allylic oxidation sites excluding steroid dienone is 2. The van der Waals surface area contributed by atoms with E-state index in [1.54, 1.807) is 17.4 Å². The summed E-state index contributed by atoms with van der Waals surface area (Å²) in [5, 5.41) is 5.22. The molecule has 2 unspecified atom stereocenters. The number of nitrogens with one attached hydrogen (secondary N) is 1. The molecule has 0 radical (unpaired) electrons. The van der Waals surface area contributed by atoms with Crippen LogP contribution in [-0.4, -0.2) is 50.0 Å². The van der Waals surface area contributed by atoms with Crippen molar-refractivity contribution in [3.05, 3.63) is 56.6 Å². The number of hydrogen-bond donors (Lipinski definition) is 1. The van der Waals surface area contributed by atoms with Crippen LogP contribution in [0.4, 0.5) is 0 Å². The van der Waals surface area contributed by atoms with Crippen molar-refractivity contribution in [1.82, 2.24) is 10.2 Å². The van der Waals surface area contributed by atoms with Crippen LogP contribution < -0.4 is 5.32 Å². The average Bonchev–Trinajstić information content (AvgIpc) is 3.31. The Bertz CT molecular complexity index is 911. The van der Waals surface area contributed by atoms with Crippen LogP contribution >= 0.6 is 11.3 Å². The molecule has 1 N–H and O–H groups in total. The Morgan fingerprint density at radius 3 is 2.93 bits per heavy atom. The van der Waals surface area contributed by atoms with Crippen molar-refractivity contribution in [1.29, 1.82) is 0 Å². The zero-order valence-corrected chi connectivity index (χ0v) is 17.1. The number of likely N-dealkylation sites (N-methyl/N-ethyl adjacent to an activating group) is 1. The Labute approximate surface area is 168 Å². The van der Waals surface area contributed by atoms with E-state index in [-0.39, 0.29) is 17.7 Å². The van der Waals surface area contributed by atoms with E-state index in [4.69, 9.17) is 9.47 Å². The topological polar surface area (TPSA) is 67.9 Å². The summed E-state index contributed by atoms with van der Waals surface area (Å²) in [5.41, 5.74) is 2.85. The second-order valence-electron chi connectivity index (χ2n) is 7.10. The van der Waals surface area contributed by atoms with Gasteiger partial charge in [0.1, 0.15) is 5.76 Å². The standard InChI is InChI=1S/C21H24N2O4S/c1-4-23-10-12-9-16(26-2)20(27-3)19(24)18(12)14(11-23)21(25)22-15-5-6-17-13(15)7-8-28-17/h7-10,15,20H,4-6,11H2,1-3H3,(H,22,25). The van der Waals surface area contributed by atoms with Crippen LogP contribution in [0.5, 0.6) is 0 Å². The number of fused-ring (bicyclic) bond motifs is 2. The van der Waals surface area contributed by atoms with E-state index in [9.17, 15) is 9.59 Å². The zero-order chi connectivity index (χ0) is 19.8. The summed E-state index contributed by atoms with van der Waals surface area (Å²) in [5.74, 6) is 0.0520. The first kappa shape index (κ1) is 19.0. The predicted octanol–water partition coefficient (Wildman–Crippen LogP) is 2.50. The van der Waals surface area contributed by atoms with E-state index in [1.165, 1.54) is 24.7 Å². The van der Waals surface area contributed by atoms with Gasteiger partial charge in [-0.3, -0.25) is 9.59 Å². The minimum absolute atomic E-state index is 0.00766. The summed E-state index contributed by atoms with van der Waals surface area (Å²) in [7, 11) is 3.00. The number of aryl methyl sites for hydroxylation is 1. The van der Waals surface area contributed by atoms with E-state index in [2.05, 4.69) is 16.8 Å². The maximum atomic E-state index is 13.2. The average molecular weight is 401 g/mol. The molecule has 1 aliphatic heterocycles. The molecule has 0 bridgehead atoms. The number of ether oxygens (including phenoxy) is 2. The molecule has 7 heteroatoms. The maximum Gasteiger partial charge on any atom is 0.250 e. The Morgan fingerprint density at radius 1 is 1.39 bits per heavy atom. The van der Waals surface area contributed by atoms with Crippen LogP contribution in [0.15, 0.2) is 46.2 Å². The molecule has 6 nitrogen and oxygen atoms in total. The molecule has 28 heavy (non-hydrogen) atoms. The fourth-order valence-corrected chi connectivity index (χ4v) is 5.08. The Morgan fingerprint density at radius 2 is 2.21 bits per heavy atom. The lowest BCUT2D eigenvalue weighted by molar-refractivity contribution is -0.126. The van der Waals surface area contributed by atoms with Crippen LogP contribution in [0, 0.1) is 0 Å². The van der Waals surface area contributed by atoms with Gasteiger partial charge in [0.2, 0.25) is 11.7 Å². The first-order valence-corrected chi connectivity index (χ1v) is 10.3. The van der Waals surface area contributed by atoms with E-state index in [0.29, 0.717) is 29.0 Å². The van der Waals surface area contributed by atoms with Gasteiger partial charge < -0.3 is 19.7 Å². The number of nitrogens with zero attached hydrogens (tertiary/aromatic N) is 1. The molecule has 0 saturated heterocycles. The van der Waals surface area contributed by atoms with Gasteiger partial charge in [-0.25, -0.2) is 0 Å². The second kappa shape index (κ2) is 7.56. The van der Waals surface area contributed by atoms with Gasteiger partial charge in [-0.15, -0.1) is 11.3 Å². The number of carbonyl (C=O) groups is 2. The molecule has 0 aromatic carbocycles. The van der Waals surface area contributed by atoms with Crippen LogP contribution in [0.25, 0.3) is 0 Å². The number of ketones is 1. The van der Waals surface area contributed by atoms with Gasteiger partial charge in [-0.1, -0.05) is 0 Å². The van der Waals surface area contributed by atoms with Gasteiger partial charge in [0.05, 0.1) is 13.2 Å². The highest BCUT2D eigenvalue weighted by molar-refractivity contribution is 7.10. The third-order valence-electron chi connectivity index (χ3n) is 5.59. The van der Waals surface area contributed by atoms with Crippen molar-refractivity contribution in [2.75, 3.05) is 27.3 Å². The van der Waals surface area contributed by atoms with Crippen molar-refractivity contribution in [3.8, 4) is 0 Å². The quantitative estimate of drug-likeness (QED) is 0.823. The van der Waals surface area contributed by atoms with E-state index in [1.807, 2.05) is 18.0 Å². The number of rotatable bonds is 5. The predicted molar refractivity (Wildman–Crippen MR) is 107 cm³/mol. The fourth-order valence-electron chi connectivity index (χ4n) is 4.12. The zero-order valence-electron chi connectivity index (χ0n) is 16.3. The van der Waals surface area contributed by atoms with Gasteiger partial charge in [0.15, 0.2) is 6.10 Å². The lowest BCUT2D eigenvalue weighted by atomic mass is 9.85. The van der Waals surface area contributed by atoms with Gasteiger partial charge in [-0.05, 0) is 42.9 Å². The lowest BCUT2D eigenvalue weighted by Crippen LogP contribution is -2.41. The van der Waals surface area contributed by atoms with E-state index in [0.717, 1.165) is 19.4 Å². The van der Waals surface area contributed by atoms with Gasteiger partial charge in [0.25, 0.3) is 0 Å². The highest BCUT2D eigenvalue weighted by Gasteiger charge is 2.39. The normalized spacial score (nSPS) is 23.8. The number of carbonyl (C=O) groups excluding carboxylic acids is 2. The highest BCUT2D eigenvalue weighted by Crippen LogP contribution is 2.36. The molecular weight excluding hydrogens is 376 g/mol. The van der Waals surface area contributed by atoms with Gasteiger partial charge in [-0.2, -0.15) is 0 Å². The summed E-state index contributed by atoms with van der Waals surface area (Å²) in [4.78, 5) is 29.7. The SMILES string of the molecule is CCN1C=C2C=C(OC)C(OC)C(=O)C2=C(C(=O)NC2CCc3sccc32)C1. The van der Waals surface area contributed by atoms with E-state index >= 15 is 0 Å². The number of methoxy groups -OCH3 is 2. The van der Waals surface area contributed by atoms with Gasteiger partial charge in [0, 0.05) is 48.0 Å². The Kier molecular flexibility index (Phi) is 5.12. The molecule has 1 aromatic heterocycles. The number of hydrogen-bond acceptors (Lipinski definition) is 6. The summed E-state index contributed by atoms with van der Waals surface area (Å²) in [6, 6.07) is 2.09. The molecule has 0 fully saturated rings. The molecule has 148 valence electrons. The van der Waals surface area contributed by atoms with Crippen molar-refractivity contribution >= 4 is 23.0 Å². The van der Waals surface area contributed by atoms with Crippen LogP contribution in [-0.2, 0) is 25.5 Å². The molecule has 2 atom stereocenters. The van der Waals surface area contributed by atoms with Crippen molar-refractivity contribution in [2.45, 2.75) is 31.9 Å². The first-order chi connectivity index (χ1) is 13.6. The molecule has 0 saturated carbocycles. The molecule has 1 amide bonds. The van der Waals surface area contributed by atoms with Crippen LogP contribution in [0.3, 0.4) is 0 Å². The minimum Gasteiger partial charge on any atom is -0.498 e. The minimum atomic E-state index is -0.817. The first-order valence-electron chi connectivity index (χ1n) is 9.46. The fraction of sp³-hybridized carbons (Fsp3) is 0.429. The van der Waals surface area contributed by atoms with E-state index < -0.39 is 6.10 Å². The third kappa shape index (κ3) is 3.08. The molecule has 2 heterocycles. The van der Waals surface area contributed by atoms with Crippen molar-refractivity contribution < 1.29 is 19.1 Å². The molecule has 0 spiro atoms. The molecule has 4 rings (SSSR count). The number of amides is 1. The number of thiophene rings is 1. The second-order valence-corrected chi connectivity index (χ2v) is 8.10. The summed E-state index contributed by atoms with van der Waals surface area (Å²) >= 11 is 1.73. The summed E-state index contributed by atoms with van der Waals surface area (Å²) in [6.07, 6.45) is 4.79. The molecule has 1 aromatic rings. The third-order valence-corrected chi connectivity index (χ3v) is 6.58. The van der Waals surface area contributed by atoms with Crippen molar-refractivity contribution in [2.24, 2.45) is 0 Å². The monoisotopic (exact) mass is 400 g/mol. The molecule has 2 aliphatic carbocycles. The van der Waals surface area contributed by atoms with Gasteiger partial charge >= 0.3 is 0 Å². The van der Waals surface area contributed by atoms with Crippen LogP contribution in [0.1, 0.15) is 29.8 Å². The smallest absolute Gasteiger partial charge is 0.250 e. The summed E-state index contributed by atoms with van der Waals surface area (Å²) in [6.45, 7) is 3.17. The Balaban J connectivity index is 1.70. The summed E-state index contributed by atoms with van der Waals surface area (Å²) < 4.78 is 10.7. The van der Waals surface area contributed by atoms with Crippen LogP contribution in [0.2, 0.25) is 0 Å². The number of Topliss-reactive ketones (excluding diaryl/α,β-unsaturated/α-hetero) is 1. The molecule has 3 aliphatic rings. The lowest BCUT2D eigenvalue weighted by Gasteiger charge is -2.33. The molecular formula is C21H24N2O4S.